The fourth-order valence-corrected chi connectivity index (χ4v) is 1.10. The molecule has 0 atom stereocenters. The second-order valence-corrected chi connectivity index (χ2v) is 3.42. The Kier molecular flexibility index (Phi) is 41.9. The number of hydrogen-bond acceptors (Lipinski definition) is 7. The minimum absolute atomic E-state index is 0. The zero-order valence-corrected chi connectivity index (χ0v) is 17.5. The summed E-state index contributed by atoms with van der Waals surface area (Å²) in [5.74, 6) is 0. The Labute approximate surface area is 186 Å². The first-order valence-electron chi connectivity index (χ1n) is 1.46. The van der Waals surface area contributed by atoms with Crippen LogP contribution in [-0.4, -0.2) is 23.1 Å². The first kappa shape index (κ1) is 36.4. The van der Waals surface area contributed by atoms with Crippen molar-refractivity contribution in [3.8, 4) is 0 Å². The van der Waals surface area contributed by atoms with E-state index in [1.807, 2.05) is 0 Å². The summed E-state index contributed by atoms with van der Waals surface area (Å²) in [5, 5.41) is 0. The van der Waals surface area contributed by atoms with Crippen LogP contribution >= 0.6 is 15.6 Å². The van der Waals surface area contributed by atoms with Crippen LogP contribution in [0.4, 0.5) is 0 Å². The third-order valence-corrected chi connectivity index (χ3v) is 1.80. The Morgan fingerprint density at radius 2 is 0.857 bits per heavy atom. The van der Waals surface area contributed by atoms with Crippen molar-refractivity contribution in [1.82, 2.24) is 0 Å². The van der Waals surface area contributed by atoms with E-state index in [0.29, 0.717) is 0 Å². The van der Waals surface area contributed by atoms with Gasteiger partial charge in [-0.05, 0) is 0 Å². The van der Waals surface area contributed by atoms with Gasteiger partial charge in [-0.3, -0.25) is 0 Å². The second kappa shape index (κ2) is 16.1. The monoisotopic (exact) mass is 292 g/mol. The molecule has 0 bridgehead atoms. The van der Waals surface area contributed by atoms with Crippen LogP contribution in [0.15, 0.2) is 0 Å². The fourth-order valence-electron chi connectivity index (χ4n) is 0.122. The molecule has 0 spiro atoms. The second-order valence-electron chi connectivity index (χ2n) is 0.976. The molecule has 0 radical (unpaired) electrons. The van der Waals surface area contributed by atoms with Gasteiger partial charge in [-0.25, -0.2) is 0 Å². The number of phosphoric acid groups is 2. The average Bonchev–Trinajstić information content (AvgIpc) is 1.14. The van der Waals surface area contributed by atoms with Gasteiger partial charge in [0, 0.05) is 0 Å². The summed E-state index contributed by atoms with van der Waals surface area (Å²) in [4.78, 5) is 37.3. The molecule has 0 N–H and O–H groups in total. The molecule has 0 amide bonds. The molecular weight excluding hydrogens is 290 g/mol. The molecule has 0 aliphatic carbocycles. The summed E-state index contributed by atoms with van der Waals surface area (Å²) in [7, 11) is -11.4. The fraction of sp³-hybridized carbons (Fsp3) is 0. The third-order valence-electron chi connectivity index (χ3n) is 0.200. The van der Waals surface area contributed by atoms with Gasteiger partial charge in [-0.15, -0.1) is 0 Å². The van der Waals surface area contributed by atoms with Crippen LogP contribution in [0, 0.1) is 0 Å². The third kappa shape index (κ3) is 36.0. The van der Waals surface area contributed by atoms with E-state index >= 15 is 0 Å². The van der Waals surface area contributed by atoms with E-state index in [4.69, 9.17) is 0 Å². The number of hydrogen-bond donors (Lipinski definition) is 0. The van der Waals surface area contributed by atoms with E-state index in [1.165, 1.54) is 0 Å². The zero-order valence-electron chi connectivity index (χ0n) is 7.75. The van der Waals surface area contributed by atoms with E-state index in [1.54, 1.807) is 0 Å². The molecule has 14 heteroatoms. The van der Waals surface area contributed by atoms with Crippen LogP contribution in [0.5, 0.6) is 0 Å². The van der Waals surface area contributed by atoms with Crippen LogP contribution in [0.25, 0.3) is 0 Å². The van der Waals surface area contributed by atoms with Gasteiger partial charge in [0.25, 0.3) is 0 Å². The molecule has 14 heavy (non-hydrogen) atoms. The van der Waals surface area contributed by atoms with Gasteiger partial charge in [0.1, 0.15) is 0 Å². The minimum atomic E-state index is -5.68. The Hall–Kier alpha value is 5.03. The van der Waals surface area contributed by atoms with Crippen LogP contribution in [0.1, 0.15) is 0 Å². The molecule has 0 unspecified atom stereocenters. The van der Waals surface area contributed by atoms with Crippen molar-refractivity contribution in [3.63, 3.8) is 0 Å². The van der Waals surface area contributed by atoms with Crippen molar-refractivity contribution in [2.24, 2.45) is 0 Å². The predicted molar refractivity (Wildman–Crippen MR) is 24.8 cm³/mol. The van der Waals surface area contributed by atoms with E-state index < -0.39 is 15.6 Å². The first-order chi connectivity index (χ1) is 3.71. The van der Waals surface area contributed by atoms with Crippen LogP contribution < -0.4 is 138 Å². The van der Waals surface area contributed by atoms with Crippen molar-refractivity contribution in [1.29, 1.82) is 0 Å². The summed E-state index contributed by atoms with van der Waals surface area (Å²) in [6, 6.07) is 0. The SMILES string of the molecule is O=P([O-])([O-])OP(=O)([O-])[O-].[MgH2].[Na+].[Na+].[Na+].[Na+]. The van der Waals surface area contributed by atoms with Crippen LogP contribution in [0.2, 0.25) is 0 Å². The molecule has 0 aliphatic rings. The summed E-state index contributed by atoms with van der Waals surface area (Å²) in [6.45, 7) is 0. The van der Waals surface area contributed by atoms with E-state index in [-0.39, 0.29) is 141 Å². The van der Waals surface area contributed by atoms with Gasteiger partial charge in [-0.1, -0.05) is 0 Å². The zero-order chi connectivity index (χ0) is 7.71. The number of rotatable bonds is 2. The molecule has 0 rings (SSSR count). The van der Waals surface area contributed by atoms with E-state index in [0.717, 1.165) is 0 Å². The quantitative estimate of drug-likeness (QED) is 0.364. The van der Waals surface area contributed by atoms with E-state index in [2.05, 4.69) is 4.31 Å². The molecule has 60 valence electrons. The van der Waals surface area contributed by atoms with Gasteiger partial charge in [0.15, 0.2) is 0 Å². The van der Waals surface area contributed by atoms with Crippen molar-refractivity contribution < 1.29 is 151 Å². The Balaban J connectivity index is -0.0000000320. The maximum absolute atomic E-state index is 9.32. The average molecular weight is 292 g/mol. The molecule has 0 aromatic rings. The van der Waals surface area contributed by atoms with Crippen molar-refractivity contribution in [2.45, 2.75) is 0 Å². The largest absolute Gasteiger partial charge is 1.00 e. The maximum atomic E-state index is 9.32. The van der Waals surface area contributed by atoms with Gasteiger partial charge in [0.2, 0.25) is 0 Å². The topological polar surface area (TPSA) is 136 Å². The Bertz CT molecular complexity index is 164. The Morgan fingerprint density at radius 1 is 0.714 bits per heavy atom. The first-order valence-corrected chi connectivity index (χ1v) is 4.38. The molecule has 0 aromatic carbocycles. The molecule has 0 aliphatic heterocycles. The molecule has 7 nitrogen and oxygen atoms in total. The molecule has 0 saturated heterocycles. The van der Waals surface area contributed by atoms with Crippen molar-refractivity contribution in [2.75, 3.05) is 0 Å². The smallest absolute Gasteiger partial charge is 0.790 e. The molecule has 0 fully saturated rings. The summed E-state index contributed by atoms with van der Waals surface area (Å²) in [6.07, 6.45) is 0. The van der Waals surface area contributed by atoms with E-state index in [9.17, 15) is 28.7 Å². The summed E-state index contributed by atoms with van der Waals surface area (Å²) >= 11 is 0. The normalized spacial score (nSPS) is 8.86. The Morgan fingerprint density at radius 3 is 0.857 bits per heavy atom. The van der Waals surface area contributed by atoms with Gasteiger partial charge in [-0.2, -0.15) is 0 Å². The molecular formula is H2MgNa4O7P2. The van der Waals surface area contributed by atoms with Crippen molar-refractivity contribution in [3.05, 3.63) is 0 Å². The molecule has 0 aromatic heterocycles. The predicted octanol–water partition coefficient (Wildman–Crippen LogP) is -16.2. The summed E-state index contributed by atoms with van der Waals surface area (Å²) < 4.78 is 21.2. The van der Waals surface area contributed by atoms with Gasteiger partial charge in [0.05, 0.1) is 15.6 Å². The summed E-state index contributed by atoms with van der Waals surface area (Å²) in [5.41, 5.74) is 0. The standard InChI is InChI=1S/Mg.4Na.H4O7P2.2H/c;;;;;1-8(2,3)7-9(4,5)6;;/h;;;;;(H2,1,2,3)(H2,4,5,6);;/q;4*+1;;;/p-4. The van der Waals surface area contributed by atoms with Crippen LogP contribution in [0.3, 0.4) is 0 Å². The maximum Gasteiger partial charge on any atom is 1.00 e. The van der Waals surface area contributed by atoms with Crippen LogP contribution in [-0.2, 0) is 13.4 Å². The molecule has 0 saturated carbocycles. The van der Waals surface area contributed by atoms with Gasteiger partial charge < -0.3 is 33.0 Å². The molecule has 0 heterocycles. The minimum Gasteiger partial charge on any atom is -0.790 e. The van der Waals surface area contributed by atoms with Crippen molar-refractivity contribution >= 4 is 38.7 Å². The van der Waals surface area contributed by atoms with Gasteiger partial charge >= 0.3 is 141 Å².